The quantitative estimate of drug-likeness (QED) is 0.632. The van der Waals surface area contributed by atoms with E-state index in [4.69, 9.17) is 4.42 Å². The van der Waals surface area contributed by atoms with E-state index in [0.29, 0.717) is 17.5 Å². The van der Waals surface area contributed by atoms with Gasteiger partial charge in [-0.25, -0.2) is 4.79 Å². The van der Waals surface area contributed by atoms with Crippen molar-refractivity contribution in [3.8, 4) is 11.4 Å². The molecule has 0 aliphatic rings. The predicted octanol–water partition coefficient (Wildman–Crippen LogP) is 2.50. The van der Waals surface area contributed by atoms with Crippen LogP contribution in [0.2, 0.25) is 0 Å². The molecule has 0 spiro atoms. The zero-order valence-electron chi connectivity index (χ0n) is 14.9. The second-order valence-corrected chi connectivity index (χ2v) is 6.70. The van der Waals surface area contributed by atoms with Crippen LogP contribution in [0.5, 0.6) is 0 Å². The van der Waals surface area contributed by atoms with Crippen molar-refractivity contribution < 1.29 is 14.0 Å². The van der Waals surface area contributed by atoms with Crippen LogP contribution in [-0.2, 0) is 18.4 Å². The summed E-state index contributed by atoms with van der Waals surface area (Å²) in [6.45, 7) is 2.20. The fourth-order valence-corrected chi connectivity index (χ4v) is 3.12. The molecule has 0 fully saturated rings. The number of aromatic nitrogens is 3. The van der Waals surface area contributed by atoms with Gasteiger partial charge in [0.15, 0.2) is 11.0 Å². The van der Waals surface area contributed by atoms with Gasteiger partial charge in [0.1, 0.15) is 5.76 Å². The highest BCUT2D eigenvalue weighted by molar-refractivity contribution is 7.99. The molecule has 0 aliphatic carbocycles. The summed E-state index contributed by atoms with van der Waals surface area (Å²) in [5.74, 6) is 1.05. The van der Waals surface area contributed by atoms with Crippen LogP contribution >= 0.6 is 11.8 Å². The molecule has 0 saturated heterocycles. The molecule has 3 aromatic rings. The van der Waals surface area contributed by atoms with Crippen molar-refractivity contribution in [2.75, 3.05) is 5.75 Å². The van der Waals surface area contributed by atoms with Gasteiger partial charge >= 0.3 is 6.03 Å². The lowest BCUT2D eigenvalue weighted by molar-refractivity contribution is -0.117. The second-order valence-electron chi connectivity index (χ2n) is 5.76. The first kappa shape index (κ1) is 18.7. The lowest BCUT2D eigenvalue weighted by Crippen LogP contribution is -2.39. The van der Waals surface area contributed by atoms with E-state index < -0.39 is 11.9 Å². The van der Waals surface area contributed by atoms with Gasteiger partial charge in [-0.1, -0.05) is 42.1 Å². The molecule has 2 N–H and O–H groups in total. The van der Waals surface area contributed by atoms with Crippen molar-refractivity contribution in [2.45, 2.75) is 18.6 Å². The predicted molar refractivity (Wildman–Crippen MR) is 101 cm³/mol. The van der Waals surface area contributed by atoms with E-state index in [1.165, 1.54) is 11.8 Å². The van der Waals surface area contributed by atoms with Crippen LogP contribution in [0.1, 0.15) is 11.3 Å². The van der Waals surface area contributed by atoms with Crippen molar-refractivity contribution in [1.29, 1.82) is 0 Å². The molecule has 140 valence electrons. The summed E-state index contributed by atoms with van der Waals surface area (Å²) >= 11 is 1.20. The number of imide groups is 1. The highest BCUT2D eigenvalue weighted by atomic mass is 32.2. The van der Waals surface area contributed by atoms with Gasteiger partial charge in [-0.15, -0.1) is 10.2 Å². The van der Waals surface area contributed by atoms with Gasteiger partial charge in [0.05, 0.1) is 17.6 Å². The largest absolute Gasteiger partial charge is 0.469 e. The molecular weight excluding hydrogens is 366 g/mol. The highest BCUT2D eigenvalue weighted by Gasteiger charge is 2.16. The zero-order chi connectivity index (χ0) is 19.2. The number of rotatable bonds is 6. The van der Waals surface area contributed by atoms with Crippen LogP contribution in [-0.4, -0.2) is 32.5 Å². The number of carbonyl (C=O) groups is 2. The second kappa shape index (κ2) is 8.54. The Labute approximate surface area is 160 Å². The van der Waals surface area contributed by atoms with E-state index in [1.807, 2.05) is 50.4 Å². The normalized spacial score (nSPS) is 10.6. The van der Waals surface area contributed by atoms with E-state index in [1.54, 1.807) is 10.8 Å². The molecule has 0 radical (unpaired) electrons. The number of carbonyl (C=O) groups excluding carboxylic acids is 2. The van der Waals surface area contributed by atoms with Crippen LogP contribution in [0.15, 0.2) is 52.2 Å². The molecule has 8 nitrogen and oxygen atoms in total. The average molecular weight is 385 g/mol. The Morgan fingerprint density at radius 1 is 1.19 bits per heavy atom. The Hall–Kier alpha value is -3.07. The number of benzene rings is 1. The number of aryl methyl sites for hydroxylation is 1. The van der Waals surface area contributed by atoms with E-state index in [9.17, 15) is 9.59 Å². The van der Waals surface area contributed by atoms with E-state index in [0.717, 1.165) is 16.9 Å². The summed E-state index contributed by atoms with van der Waals surface area (Å²) in [7, 11) is 1.81. The van der Waals surface area contributed by atoms with Crippen LogP contribution in [0.25, 0.3) is 11.4 Å². The van der Waals surface area contributed by atoms with Crippen LogP contribution in [0.3, 0.4) is 0 Å². The minimum Gasteiger partial charge on any atom is -0.469 e. The van der Waals surface area contributed by atoms with Gasteiger partial charge < -0.3 is 14.3 Å². The number of furan rings is 1. The summed E-state index contributed by atoms with van der Waals surface area (Å²) in [6, 6.07) is 10.7. The van der Waals surface area contributed by atoms with Gasteiger partial charge in [-0.3, -0.25) is 10.1 Å². The number of nitrogens with one attached hydrogen (secondary N) is 2. The molecule has 0 aliphatic heterocycles. The number of urea groups is 1. The molecule has 0 unspecified atom stereocenters. The van der Waals surface area contributed by atoms with Crippen molar-refractivity contribution >= 4 is 23.7 Å². The molecule has 27 heavy (non-hydrogen) atoms. The van der Waals surface area contributed by atoms with Gasteiger partial charge in [-0.05, 0) is 18.6 Å². The first-order valence-electron chi connectivity index (χ1n) is 8.23. The van der Waals surface area contributed by atoms with Crippen molar-refractivity contribution in [3.05, 3.63) is 54.0 Å². The van der Waals surface area contributed by atoms with Crippen LogP contribution in [0, 0.1) is 6.92 Å². The highest BCUT2D eigenvalue weighted by Crippen LogP contribution is 2.25. The molecule has 2 aromatic heterocycles. The maximum Gasteiger partial charge on any atom is 0.321 e. The van der Waals surface area contributed by atoms with Crippen LogP contribution in [0.4, 0.5) is 4.79 Å². The number of hydrogen-bond acceptors (Lipinski definition) is 6. The SMILES string of the molecule is Cc1occc1-c1nnc(SCC(=O)NC(=O)NCc2ccccc2)n1C. The molecule has 0 bridgehead atoms. The van der Waals surface area contributed by atoms with Crippen molar-refractivity contribution in [3.63, 3.8) is 0 Å². The standard InChI is InChI=1S/C18H19N5O3S/c1-12-14(8-9-26-12)16-21-22-18(23(16)2)27-11-15(24)20-17(25)19-10-13-6-4-3-5-7-13/h3-9H,10-11H2,1-2H3,(H2,19,20,24,25). The molecular formula is C18H19N5O3S. The summed E-state index contributed by atoms with van der Waals surface area (Å²) < 4.78 is 7.07. The van der Waals surface area contributed by atoms with Gasteiger partial charge in [0.2, 0.25) is 5.91 Å². The third-order valence-corrected chi connectivity index (χ3v) is 4.84. The summed E-state index contributed by atoms with van der Waals surface area (Å²) in [5, 5.41) is 13.8. The fourth-order valence-electron chi connectivity index (χ4n) is 2.41. The Bertz CT molecular complexity index is 936. The molecule has 2 heterocycles. The Balaban J connectivity index is 1.49. The zero-order valence-corrected chi connectivity index (χ0v) is 15.7. The number of thioether (sulfide) groups is 1. The number of nitrogens with zero attached hydrogens (tertiary/aromatic N) is 3. The molecule has 0 saturated carbocycles. The first-order chi connectivity index (χ1) is 13.0. The smallest absolute Gasteiger partial charge is 0.321 e. The van der Waals surface area contributed by atoms with Crippen molar-refractivity contribution in [2.24, 2.45) is 7.05 Å². The fraction of sp³-hybridized carbons (Fsp3) is 0.222. The van der Waals surface area contributed by atoms with E-state index >= 15 is 0 Å². The molecule has 0 atom stereocenters. The summed E-state index contributed by atoms with van der Waals surface area (Å²) in [6.07, 6.45) is 1.59. The maximum atomic E-state index is 12.0. The third-order valence-electron chi connectivity index (χ3n) is 3.82. The Morgan fingerprint density at radius 2 is 1.96 bits per heavy atom. The van der Waals surface area contributed by atoms with E-state index in [2.05, 4.69) is 20.8 Å². The van der Waals surface area contributed by atoms with Crippen LogP contribution < -0.4 is 10.6 Å². The lowest BCUT2D eigenvalue weighted by Gasteiger charge is -2.07. The average Bonchev–Trinajstić information content (AvgIpc) is 3.24. The lowest BCUT2D eigenvalue weighted by atomic mass is 10.2. The minimum atomic E-state index is -0.530. The molecule has 1 aromatic carbocycles. The number of hydrogen-bond donors (Lipinski definition) is 2. The topological polar surface area (TPSA) is 102 Å². The summed E-state index contributed by atoms with van der Waals surface area (Å²) in [5.41, 5.74) is 1.80. The minimum absolute atomic E-state index is 0.0507. The molecule has 3 amide bonds. The third kappa shape index (κ3) is 4.76. The van der Waals surface area contributed by atoms with Crippen molar-refractivity contribution in [1.82, 2.24) is 25.4 Å². The van der Waals surface area contributed by atoms with Gasteiger partial charge in [-0.2, -0.15) is 0 Å². The maximum absolute atomic E-state index is 12.0. The molecule has 9 heteroatoms. The summed E-state index contributed by atoms with van der Waals surface area (Å²) in [4.78, 5) is 23.8. The van der Waals surface area contributed by atoms with Gasteiger partial charge in [0.25, 0.3) is 0 Å². The molecule has 3 rings (SSSR count). The monoisotopic (exact) mass is 385 g/mol. The Kier molecular flexibility index (Phi) is 5.92. The number of amides is 3. The Morgan fingerprint density at radius 3 is 2.67 bits per heavy atom. The first-order valence-corrected chi connectivity index (χ1v) is 9.21. The van der Waals surface area contributed by atoms with E-state index in [-0.39, 0.29) is 5.75 Å². The van der Waals surface area contributed by atoms with Gasteiger partial charge in [0, 0.05) is 13.6 Å².